The molecule has 1 amide bonds. The SMILES string of the molecule is CNc1nc(N2CC[C@@H](NC(=O)c3cnccn3)[C@H](O)C2)nc2c1CCC2. The molecular formula is C18H23N7O2. The van der Waals surface area contributed by atoms with Gasteiger partial charge in [-0.3, -0.25) is 9.78 Å². The third-order valence-electron chi connectivity index (χ3n) is 5.14. The van der Waals surface area contributed by atoms with E-state index in [4.69, 9.17) is 4.98 Å². The summed E-state index contributed by atoms with van der Waals surface area (Å²) in [7, 11) is 1.87. The van der Waals surface area contributed by atoms with Crippen molar-refractivity contribution in [1.29, 1.82) is 0 Å². The monoisotopic (exact) mass is 369 g/mol. The van der Waals surface area contributed by atoms with Crippen molar-refractivity contribution < 1.29 is 9.90 Å². The minimum absolute atomic E-state index is 0.243. The molecule has 3 N–H and O–H groups in total. The van der Waals surface area contributed by atoms with Gasteiger partial charge in [0, 0.05) is 38.1 Å². The standard InChI is InChI=1S/C18H23N7O2/c1-19-16-11-3-2-4-12(11)23-18(24-16)25-8-5-13(15(26)10-25)22-17(27)14-9-20-6-7-21-14/h6-7,9,13,15,26H,2-5,8,10H2,1H3,(H,22,27)(H,19,23,24)/t13-,15-/m1/s1. The Hall–Kier alpha value is -2.81. The van der Waals surface area contributed by atoms with Crippen LogP contribution in [0.1, 0.15) is 34.6 Å². The summed E-state index contributed by atoms with van der Waals surface area (Å²) in [6.45, 7) is 1.03. The van der Waals surface area contributed by atoms with Crippen LogP contribution in [0.15, 0.2) is 18.6 Å². The lowest BCUT2D eigenvalue weighted by molar-refractivity contribution is 0.0792. The van der Waals surface area contributed by atoms with Crippen molar-refractivity contribution >= 4 is 17.7 Å². The Labute approximate surface area is 157 Å². The molecule has 9 nitrogen and oxygen atoms in total. The highest BCUT2D eigenvalue weighted by Crippen LogP contribution is 2.29. The maximum Gasteiger partial charge on any atom is 0.271 e. The number of anilines is 2. The number of aliphatic hydroxyl groups is 1. The third kappa shape index (κ3) is 3.55. The molecule has 2 atom stereocenters. The van der Waals surface area contributed by atoms with Crippen LogP contribution in [0.5, 0.6) is 0 Å². The Morgan fingerprint density at radius 2 is 2.19 bits per heavy atom. The molecule has 2 aliphatic rings. The zero-order valence-electron chi connectivity index (χ0n) is 15.2. The zero-order valence-corrected chi connectivity index (χ0v) is 15.2. The first kappa shape index (κ1) is 17.6. The van der Waals surface area contributed by atoms with Crippen LogP contribution >= 0.6 is 0 Å². The molecule has 0 bridgehead atoms. The van der Waals surface area contributed by atoms with Crippen molar-refractivity contribution in [3.63, 3.8) is 0 Å². The van der Waals surface area contributed by atoms with Crippen molar-refractivity contribution in [2.75, 3.05) is 30.4 Å². The van der Waals surface area contributed by atoms with Gasteiger partial charge in [-0.1, -0.05) is 0 Å². The molecule has 0 spiro atoms. The van der Waals surface area contributed by atoms with Gasteiger partial charge >= 0.3 is 0 Å². The molecule has 9 heteroatoms. The fraction of sp³-hybridized carbons (Fsp3) is 0.500. The topological polar surface area (TPSA) is 116 Å². The highest BCUT2D eigenvalue weighted by atomic mass is 16.3. The smallest absolute Gasteiger partial charge is 0.271 e. The fourth-order valence-electron chi connectivity index (χ4n) is 3.71. The van der Waals surface area contributed by atoms with Crippen LogP contribution in [-0.2, 0) is 12.8 Å². The molecule has 27 heavy (non-hydrogen) atoms. The van der Waals surface area contributed by atoms with Gasteiger partial charge in [0.1, 0.15) is 11.5 Å². The molecular weight excluding hydrogens is 346 g/mol. The van der Waals surface area contributed by atoms with Gasteiger partial charge in [-0.15, -0.1) is 0 Å². The van der Waals surface area contributed by atoms with Crippen molar-refractivity contribution in [3.8, 4) is 0 Å². The van der Waals surface area contributed by atoms with Crippen molar-refractivity contribution in [3.05, 3.63) is 35.5 Å². The summed E-state index contributed by atoms with van der Waals surface area (Å²) in [5.74, 6) is 1.18. The summed E-state index contributed by atoms with van der Waals surface area (Å²) < 4.78 is 0. The molecule has 3 heterocycles. The van der Waals surface area contributed by atoms with Crippen LogP contribution in [0.25, 0.3) is 0 Å². The molecule has 1 saturated heterocycles. The largest absolute Gasteiger partial charge is 0.389 e. The summed E-state index contributed by atoms with van der Waals surface area (Å²) in [5.41, 5.74) is 2.54. The van der Waals surface area contributed by atoms with E-state index in [0.717, 1.165) is 30.8 Å². The van der Waals surface area contributed by atoms with Crippen LogP contribution in [0.3, 0.4) is 0 Å². The molecule has 1 fully saturated rings. The van der Waals surface area contributed by atoms with E-state index < -0.39 is 6.10 Å². The van der Waals surface area contributed by atoms with E-state index in [9.17, 15) is 9.90 Å². The molecule has 142 valence electrons. The van der Waals surface area contributed by atoms with E-state index >= 15 is 0 Å². The van der Waals surface area contributed by atoms with Gasteiger partial charge < -0.3 is 20.6 Å². The summed E-state index contributed by atoms with van der Waals surface area (Å²) in [5, 5.41) is 16.6. The van der Waals surface area contributed by atoms with E-state index in [1.807, 2.05) is 11.9 Å². The van der Waals surface area contributed by atoms with Gasteiger partial charge in [0.05, 0.1) is 24.0 Å². The van der Waals surface area contributed by atoms with Crippen molar-refractivity contribution in [1.82, 2.24) is 25.3 Å². The highest BCUT2D eigenvalue weighted by molar-refractivity contribution is 5.92. The van der Waals surface area contributed by atoms with Crippen LogP contribution < -0.4 is 15.5 Å². The Balaban J connectivity index is 1.44. The van der Waals surface area contributed by atoms with Gasteiger partial charge in [-0.05, 0) is 25.7 Å². The number of hydrogen-bond donors (Lipinski definition) is 3. The minimum Gasteiger partial charge on any atom is -0.389 e. The average molecular weight is 369 g/mol. The number of nitrogens with zero attached hydrogens (tertiary/aromatic N) is 5. The highest BCUT2D eigenvalue weighted by Gasteiger charge is 2.31. The number of β-amino-alcohol motifs (C(OH)–C–C–N with tert-alkyl or cyclic N) is 1. The lowest BCUT2D eigenvalue weighted by Crippen LogP contribution is -2.54. The summed E-state index contributed by atoms with van der Waals surface area (Å²) in [6, 6.07) is -0.339. The van der Waals surface area contributed by atoms with Crippen LogP contribution in [0.4, 0.5) is 11.8 Å². The van der Waals surface area contributed by atoms with Gasteiger partial charge in [-0.2, -0.15) is 4.98 Å². The number of fused-ring (bicyclic) bond motifs is 1. The number of piperidine rings is 1. The van der Waals surface area contributed by atoms with Gasteiger partial charge in [0.15, 0.2) is 0 Å². The minimum atomic E-state index is -0.714. The number of nitrogens with one attached hydrogen (secondary N) is 2. The fourth-order valence-corrected chi connectivity index (χ4v) is 3.71. The maximum absolute atomic E-state index is 12.3. The second kappa shape index (κ2) is 7.43. The molecule has 2 aromatic heterocycles. The van der Waals surface area contributed by atoms with Crippen LogP contribution in [0, 0.1) is 0 Å². The third-order valence-corrected chi connectivity index (χ3v) is 5.14. The van der Waals surface area contributed by atoms with Crippen LogP contribution in [0.2, 0.25) is 0 Å². The first-order valence-electron chi connectivity index (χ1n) is 9.23. The average Bonchev–Trinajstić information content (AvgIpc) is 3.18. The normalized spacial score (nSPS) is 21.6. The molecule has 4 rings (SSSR count). The number of aryl methyl sites for hydroxylation is 1. The quantitative estimate of drug-likeness (QED) is 0.698. The molecule has 0 saturated carbocycles. The summed E-state index contributed by atoms with van der Waals surface area (Å²) in [4.78, 5) is 31.5. The maximum atomic E-state index is 12.3. The number of carbonyl (C=O) groups is 1. The Morgan fingerprint density at radius 1 is 1.30 bits per heavy atom. The Kier molecular flexibility index (Phi) is 4.85. The number of carbonyl (C=O) groups excluding carboxylic acids is 1. The lowest BCUT2D eigenvalue weighted by Gasteiger charge is -2.36. The summed E-state index contributed by atoms with van der Waals surface area (Å²) in [6.07, 6.45) is 7.35. The first-order valence-corrected chi connectivity index (χ1v) is 9.23. The van der Waals surface area contributed by atoms with E-state index in [0.29, 0.717) is 25.5 Å². The molecule has 0 unspecified atom stereocenters. The lowest BCUT2D eigenvalue weighted by atomic mass is 10.0. The Bertz CT molecular complexity index is 830. The molecule has 1 aliphatic carbocycles. The first-order chi connectivity index (χ1) is 13.2. The van der Waals surface area contributed by atoms with Gasteiger partial charge in [0.2, 0.25) is 5.95 Å². The summed E-state index contributed by atoms with van der Waals surface area (Å²) >= 11 is 0. The number of rotatable bonds is 4. The molecule has 2 aromatic rings. The van der Waals surface area contributed by atoms with E-state index in [1.165, 1.54) is 24.2 Å². The number of hydrogen-bond acceptors (Lipinski definition) is 8. The van der Waals surface area contributed by atoms with Gasteiger partial charge in [0.25, 0.3) is 5.91 Å². The number of aliphatic hydroxyl groups excluding tert-OH is 1. The van der Waals surface area contributed by atoms with E-state index in [2.05, 4.69) is 25.6 Å². The second-order valence-corrected chi connectivity index (χ2v) is 6.87. The van der Waals surface area contributed by atoms with E-state index in [-0.39, 0.29) is 17.6 Å². The van der Waals surface area contributed by atoms with Gasteiger partial charge in [-0.25, -0.2) is 9.97 Å². The number of amides is 1. The van der Waals surface area contributed by atoms with Crippen LogP contribution in [-0.4, -0.2) is 63.2 Å². The predicted octanol–water partition coefficient (Wildman–Crippen LogP) is 0.167. The van der Waals surface area contributed by atoms with Crippen molar-refractivity contribution in [2.24, 2.45) is 0 Å². The molecule has 0 aromatic carbocycles. The Morgan fingerprint density at radius 3 is 2.93 bits per heavy atom. The molecule has 1 aliphatic heterocycles. The molecule has 0 radical (unpaired) electrons. The second-order valence-electron chi connectivity index (χ2n) is 6.87. The zero-order chi connectivity index (χ0) is 18.8. The van der Waals surface area contributed by atoms with Crippen molar-refractivity contribution in [2.45, 2.75) is 37.8 Å². The number of aromatic nitrogens is 4. The predicted molar refractivity (Wildman–Crippen MR) is 99.7 cm³/mol. The van der Waals surface area contributed by atoms with E-state index in [1.54, 1.807) is 0 Å².